The number of carbonyl (C=O) groups is 2. The molecule has 2 heterocycles. The van der Waals surface area contributed by atoms with Gasteiger partial charge < -0.3 is 10.1 Å². The highest BCUT2D eigenvalue weighted by Crippen LogP contribution is 2.31. The van der Waals surface area contributed by atoms with Crippen molar-refractivity contribution in [2.75, 3.05) is 11.9 Å². The number of benzene rings is 1. The minimum Gasteiger partial charge on any atom is -0.451 e. The maximum atomic E-state index is 12.1. The molecule has 1 aliphatic carbocycles. The van der Waals surface area contributed by atoms with Crippen molar-refractivity contribution in [3.8, 4) is 0 Å². The smallest absolute Gasteiger partial charge is 0.348 e. The Labute approximate surface area is 148 Å². The molecule has 0 radical (unpaired) electrons. The molecule has 1 N–H and O–H groups in total. The summed E-state index contributed by atoms with van der Waals surface area (Å²) in [6.45, 7) is -0.307. The second-order valence-corrected chi connectivity index (χ2v) is 7.05. The van der Waals surface area contributed by atoms with Crippen LogP contribution in [0.3, 0.4) is 0 Å². The van der Waals surface area contributed by atoms with Gasteiger partial charge in [-0.05, 0) is 55.2 Å². The molecule has 1 aliphatic rings. The fourth-order valence-electron chi connectivity index (χ4n) is 3.03. The predicted octanol–water partition coefficient (Wildman–Crippen LogP) is 3.58. The number of anilines is 1. The van der Waals surface area contributed by atoms with Crippen LogP contribution in [-0.2, 0) is 22.4 Å². The van der Waals surface area contributed by atoms with Crippen LogP contribution in [0.4, 0.5) is 5.69 Å². The lowest BCUT2D eigenvalue weighted by atomic mass is 10.2. The quantitative estimate of drug-likeness (QED) is 0.729. The lowest BCUT2D eigenvalue weighted by Gasteiger charge is -2.08. The molecule has 25 heavy (non-hydrogen) atoms. The maximum absolute atomic E-state index is 12.1. The van der Waals surface area contributed by atoms with Gasteiger partial charge in [-0.25, -0.2) is 4.79 Å². The molecule has 0 bridgehead atoms. The minimum atomic E-state index is -0.436. The molecule has 1 aromatic carbocycles. The van der Waals surface area contributed by atoms with Crippen molar-refractivity contribution in [3.05, 3.63) is 57.9 Å². The Kier molecular flexibility index (Phi) is 4.19. The normalized spacial score (nSPS) is 12.8. The van der Waals surface area contributed by atoms with Gasteiger partial charge in [-0.1, -0.05) is 6.07 Å². The molecule has 126 valence electrons. The summed E-state index contributed by atoms with van der Waals surface area (Å²) in [6.07, 6.45) is 4.91. The Bertz CT molecular complexity index is 937. The number of esters is 1. The zero-order valence-electron chi connectivity index (χ0n) is 13.5. The SMILES string of the molecule is O=C(COC(=O)c1cc2c(s1)CCC2)Nc1cccc2ncccc12. The average molecular weight is 352 g/mol. The number of aromatic nitrogens is 1. The number of rotatable bonds is 4. The Hall–Kier alpha value is -2.73. The molecule has 0 atom stereocenters. The van der Waals surface area contributed by atoms with Gasteiger partial charge in [0.25, 0.3) is 5.91 Å². The fourth-order valence-corrected chi connectivity index (χ4v) is 4.18. The Morgan fingerprint density at radius 1 is 1.20 bits per heavy atom. The molecular weight excluding hydrogens is 336 g/mol. The number of nitrogens with zero attached hydrogens (tertiary/aromatic N) is 1. The Morgan fingerprint density at radius 2 is 2.12 bits per heavy atom. The molecule has 0 spiro atoms. The van der Waals surface area contributed by atoms with Crippen LogP contribution >= 0.6 is 11.3 Å². The third kappa shape index (κ3) is 3.25. The van der Waals surface area contributed by atoms with Gasteiger partial charge in [-0.2, -0.15) is 0 Å². The van der Waals surface area contributed by atoms with Crippen LogP contribution in [0.2, 0.25) is 0 Å². The van der Waals surface area contributed by atoms with Gasteiger partial charge in [0.15, 0.2) is 6.61 Å². The van der Waals surface area contributed by atoms with Crippen LogP contribution < -0.4 is 5.32 Å². The summed E-state index contributed by atoms with van der Waals surface area (Å²) < 4.78 is 5.15. The number of hydrogen-bond acceptors (Lipinski definition) is 5. The van der Waals surface area contributed by atoms with Crippen molar-refractivity contribution >= 4 is 39.8 Å². The van der Waals surface area contributed by atoms with E-state index in [0.29, 0.717) is 10.6 Å². The van der Waals surface area contributed by atoms with Gasteiger partial charge in [-0.15, -0.1) is 11.3 Å². The van der Waals surface area contributed by atoms with E-state index in [-0.39, 0.29) is 12.5 Å². The third-order valence-corrected chi connectivity index (χ3v) is 5.42. The maximum Gasteiger partial charge on any atom is 0.348 e. The van der Waals surface area contributed by atoms with Gasteiger partial charge in [0.1, 0.15) is 4.88 Å². The average Bonchev–Trinajstić information content (AvgIpc) is 3.22. The van der Waals surface area contributed by atoms with Gasteiger partial charge in [0.05, 0.1) is 11.2 Å². The van der Waals surface area contributed by atoms with E-state index in [1.807, 2.05) is 30.3 Å². The number of carbonyl (C=O) groups excluding carboxylic acids is 2. The van der Waals surface area contributed by atoms with E-state index in [4.69, 9.17) is 4.74 Å². The lowest BCUT2D eigenvalue weighted by molar-refractivity contribution is -0.119. The first-order valence-corrected chi connectivity index (χ1v) is 8.94. The summed E-state index contributed by atoms with van der Waals surface area (Å²) in [7, 11) is 0. The van der Waals surface area contributed by atoms with E-state index in [0.717, 1.165) is 30.2 Å². The second-order valence-electron chi connectivity index (χ2n) is 5.91. The molecule has 3 aromatic rings. The molecular formula is C19H16N2O3S. The van der Waals surface area contributed by atoms with E-state index in [2.05, 4.69) is 10.3 Å². The highest BCUT2D eigenvalue weighted by Gasteiger charge is 2.20. The summed E-state index contributed by atoms with van der Waals surface area (Å²) in [5.41, 5.74) is 2.69. The first-order chi connectivity index (χ1) is 12.2. The summed E-state index contributed by atoms with van der Waals surface area (Å²) in [4.78, 5) is 30.3. The molecule has 5 nitrogen and oxygen atoms in total. The van der Waals surface area contributed by atoms with E-state index < -0.39 is 5.97 Å². The monoisotopic (exact) mass is 352 g/mol. The number of amides is 1. The second kappa shape index (κ2) is 6.64. The molecule has 2 aromatic heterocycles. The molecule has 0 fully saturated rings. The van der Waals surface area contributed by atoms with Crippen molar-refractivity contribution in [2.24, 2.45) is 0 Å². The number of thiophene rings is 1. The molecule has 0 saturated carbocycles. The van der Waals surface area contributed by atoms with Crippen LogP contribution in [0.5, 0.6) is 0 Å². The highest BCUT2D eigenvalue weighted by molar-refractivity contribution is 7.14. The number of aryl methyl sites for hydroxylation is 2. The zero-order chi connectivity index (χ0) is 17.2. The van der Waals surface area contributed by atoms with Crippen molar-refractivity contribution in [3.63, 3.8) is 0 Å². The number of ether oxygens (including phenoxy) is 1. The Morgan fingerprint density at radius 3 is 3.00 bits per heavy atom. The van der Waals surface area contributed by atoms with Crippen molar-refractivity contribution < 1.29 is 14.3 Å². The third-order valence-electron chi connectivity index (χ3n) is 4.20. The molecule has 4 rings (SSSR count). The van der Waals surface area contributed by atoms with Gasteiger partial charge in [0.2, 0.25) is 0 Å². The van der Waals surface area contributed by atoms with E-state index in [1.165, 1.54) is 21.8 Å². The molecule has 0 unspecified atom stereocenters. The zero-order valence-corrected chi connectivity index (χ0v) is 14.3. The number of pyridine rings is 1. The molecule has 1 amide bonds. The van der Waals surface area contributed by atoms with Crippen LogP contribution in [0.15, 0.2) is 42.6 Å². The lowest BCUT2D eigenvalue weighted by Crippen LogP contribution is -2.20. The fraction of sp³-hybridized carbons (Fsp3) is 0.211. The van der Waals surface area contributed by atoms with Crippen LogP contribution in [0.1, 0.15) is 26.5 Å². The summed E-state index contributed by atoms with van der Waals surface area (Å²) in [6, 6.07) is 11.1. The minimum absolute atomic E-state index is 0.307. The number of fused-ring (bicyclic) bond motifs is 2. The number of nitrogens with one attached hydrogen (secondary N) is 1. The Balaban J connectivity index is 1.39. The largest absolute Gasteiger partial charge is 0.451 e. The van der Waals surface area contributed by atoms with E-state index in [9.17, 15) is 9.59 Å². The van der Waals surface area contributed by atoms with Gasteiger partial charge >= 0.3 is 5.97 Å². The predicted molar refractivity (Wildman–Crippen MR) is 97.0 cm³/mol. The molecule has 6 heteroatoms. The van der Waals surface area contributed by atoms with E-state index in [1.54, 1.807) is 12.3 Å². The van der Waals surface area contributed by atoms with E-state index >= 15 is 0 Å². The van der Waals surface area contributed by atoms with Crippen LogP contribution in [-0.4, -0.2) is 23.5 Å². The standard InChI is InChI=1S/C19H16N2O3S/c22-18(21-15-7-2-6-14-13(15)5-3-9-20-14)11-24-19(23)17-10-12-4-1-8-16(12)25-17/h2-3,5-7,9-10H,1,4,8,11H2,(H,21,22). The summed E-state index contributed by atoms with van der Waals surface area (Å²) in [5.74, 6) is -0.803. The topological polar surface area (TPSA) is 68.3 Å². The first kappa shape index (κ1) is 15.8. The van der Waals surface area contributed by atoms with Crippen molar-refractivity contribution in [1.29, 1.82) is 0 Å². The van der Waals surface area contributed by atoms with Crippen molar-refractivity contribution in [2.45, 2.75) is 19.3 Å². The molecule has 0 aliphatic heterocycles. The van der Waals surface area contributed by atoms with Crippen molar-refractivity contribution in [1.82, 2.24) is 4.98 Å². The number of hydrogen-bond donors (Lipinski definition) is 1. The molecule has 0 saturated heterocycles. The highest BCUT2D eigenvalue weighted by atomic mass is 32.1. The van der Waals surface area contributed by atoms with Crippen LogP contribution in [0.25, 0.3) is 10.9 Å². The van der Waals surface area contributed by atoms with Gasteiger partial charge in [0, 0.05) is 16.5 Å². The summed E-state index contributed by atoms with van der Waals surface area (Å²) in [5, 5.41) is 3.62. The van der Waals surface area contributed by atoms with Gasteiger partial charge in [-0.3, -0.25) is 9.78 Å². The van der Waals surface area contributed by atoms with Crippen LogP contribution in [0, 0.1) is 0 Å². The summed E-state index contributed by atoms with van der Waals surface area (Å²) >= 11 is 1.47. The first-order valence-electron chi connectivity index (χ1n) is 8.13.